The molecular formula is C28H25NOS. The molecule has 31 heavy (non-hydrogen) atoms. The fraction of sp³-hybridized carbons (Fsp3) is 0.179. The summed E-state index contributed by atoms with van der Waals surface area (Å²) >= 11 is 1.84. The molecule has 3 heteroatoms. The number of amides is 1. The third kappa shape index (κ3) is 4.11. The van der Waals surface area contributed by atoms with Gasteiger partial charge in [-0.2, -0.15) is 0 Å². The lowest BCUT2D eigenvalue weighted by atomic mass is 9.93. The number of carbonyl (C=O) groups excluding carboxylic acids is 1. The van der Waals surface area contributed by atoms with Crippen LogP contribution in [0, 0.1) is 6.92 Å². The van der Waals surface area contributed by atoms with E-state index in [1.807, 2.05) is 36.0 Å². The van der Waals surface area contributed by atoms with E-state index in [0.717, 1.165) is 28.5 Å². The lowest BCUT2D eigenvalue weighted by Crippen LogP contribution is -2.45. The van der Waals surface area contributed by atoms with Crippen LogP contribution < -0.4 is 0 Å². The largest absolute Gasteiger partial charge is 0.330 e. The van der Waals surface area contributed by atoms with Crippen molar-refractivity contribution in [3.63, 3.8) is 0 Å². The third-order valence-corrected chi connectivity index (χ3v) is 7.26. The highest BCUT2D eigenvalue weighted by Crippen LogP contribution is 2.30. The number of hydrogen-bond donors (Lipinski definition) is 0. The van der Waals surface area contributed by atoms with Crippen molar-refractivity contribution in [2.75, 3.05) is 5.75 Å². The van der Waals surface area contributed by atoms with E-state index in [9.17, 15) is 4.79 Å². The van der Waals surface area contributed by atoms with Gasteiger partial charge in [0.15, 0.2) is 0 Å². The molecule has 5 rings (SSSR count). The second-order valence-electron chi connectivity index (χ2n) is 8.21. The van der Waals surface area contributed by atoms with Gasteiger partial charge in [-0.25, -0.2) is 0 Å². The number of benzene rings is 4. The molecule has 4 aromatic rings. The summed E-state index contributed by atoms with van der Waals surface area (Å²) in [4.78, 5) is 17.1. The normalized spacial score (nSPS) is 15.6. The Labute approximate surface area is 187 Å². The first kappa shape index (κ1) is 19.9. The number of rotatable bonds is 4. The number of aryl methyl sites for hydroxylation is 1. The van der Waals surface area contributed by atoms with Crippen LogP contribution in [-0.4, -0.2) is 22.6 Å². The Morgan fingerprint density at radius 3 is 2.42 bits per heavy atom. The van der Waals surface area contributed by atoms with Gasteiger partial charge in [0.1, 0.15) is 0 Å². The molecule has 154 valence electrons. The van der Waals surface area contributed by atoms with Crippen LogP contribution in [0.1, 0.15) is 27.0 Å². The summed E-state index contributed by atoms with van der Waals surface area (Å²) in [5.41, 5.74) is 4.68. The van der Waals surface area contributed by atoms with E-state index in [1.54, 1.807) is 0 Å². The molecule has 0 saturated heterocycles. The fourth-order valence-corrected chi connectivity index (χ4v) is 5.38. The van der Waals surface area contributed by atoms with Crippen LogP contribution in [0.3, 0.4) is 0 Å². The van der Waals surface area contributed by atoms with E-state index < -0.39 is 0 Å². The molecule has 1 atom stereocenters. The molecule has 0 aromatic heterocycles. The minimum Gasteiger partial charge on any atom is -0.330 e. The zero-order chi connectivity index (χ0) is 21.2. The molecule has 0 radical (unpaired) electrons. The molecule has 2 nitrogen and oxygen atoms in total. The van der Waals surface area contributed by atoms with Gasteiger partial charge in [0.2, 0.25) is 0 Å². The van der Waals surface area contributed by atoms with Crippen LogP contribution in [0.4, 0.5) is 0 Å². The average Bonchev–Trinajstić information content (AvgIpc) is 2.82. The van der Waals surface area contributed by atoms with Gasteiger partial charge in [0, 0.05) is 28.8 Å². The van der Waals surface area contributed by atoms with Crippen LogP contribution >= 0.6 is 11.8 Å². The number of thioether (sulfide) groups is 1. The summed E-state index contributed by atoms with van der Waals surface area (Å²) in [5.74, 6) is 1.01. The Balaban J connectivity index is 1.47. The monoisotopic (exact) mass is 423 g/mol. The highest BCUT2D eigenvalue weighted by molar-refractivity contribution is 7.99. The highest BCUT2D eigenvalue weighted by Gasteiger charge is 2.31. The fourth-order valence-electron chi connectivity index (χ4n) is 4.37. The second-order valence-corrected chi connectivity index (χ2v) is 9.30. The summed E-state index contributed by atoms with van der Waals surface area (Å²) in [6.45, 7) is 2.77. The van der Waals surface area contributed by atoms with Gasteiger partial charge in [-0.15, -0.1) is 11.8 Å². The van der Waals surface area contributed by atoms with Gasteiger partial charge in [0.25, 0.3) is 5.91 Å². The average molecular weight is 424 g/mol. The molecule has 0 aliphatic carbocycles. The van der Waals surface area contributed by atoms with Crippen LogP contribution in [0.2, 0.25) is 0 Å². The van der Waals surface area contributed by atoms with Crippen LogP contribution in [0.5, 0.6) is 0 Å². The van der Waals surface area contributed by atoms with Gasteiger partial charge < -0.3 is 4.90 Å². The summed E-state index contributed by atoms with van der Waals surface area (Å²) in [5, 5.41) is 2.13. The standard InChI is InChI=1S/C28H25NOS/c1-20-13-15-25(16-14-20)31-19-24-17-22-8-2-3-9-23(22)18-29(24)28(30)27-12-6-10-21-7-4-5-11-26(21)27/h2-16,24H,17-19H2,1H3/t24-/m0/s1. The van der Waals surface area contributed by atoms with E-state index in [0.29, 0.717) is 6.54 Å². The van der Waals surface area contributed by atoms with Crippen molar-refractivity contribution < 1.29 is 4.79 Å². The van der Waals surface area contributed by atoms with Gasteiger partial charge in [-0.3, -0.25) is 4.79 Å². The number of nitrogens with zero attached hydrogens (tertiary/aromatic N) is 1. The second kappa shape index (κ2) is 8.60. The van der Waals surface area contributed by atoms with Crippen LogP contribution in [0.15, 0.2) is 95.9 Å². The van der Waals surface area contributed by atoms with Gasteiger partial charge >= 0.3 is 0 Å². The maximum atomic E-state index is 13.8. The van der Waals surface area contributed by atoms with Crippen molar-refractivity contribution in [2.45, 2.75) is 30.8 Å². The summed E-state index contributed by atoms with van der Waals surface area (Å²) in [6, 6.07) is 31.5. The summed E-state index contributed by atoms with van der Waals surface area (Å²) < 4.78 is 0. The first-order valence-corrected chi connectivity index (χ1v) is 11.7. The Hall–Kier alpha value is -3.04. The molecule has 0 bridgehead atoms. The topological polar surface area (TPSA) is 20.3 Å². The van der Waals surface area contributed by atoms with Crippen molar-refractivity contribution in [3.05, 3.63) is 113 Å². The van der Waals surface area contributed by atoms with E-state index >= 15 is 0 Å². The van der Waals surface area contributed by atoms with E-state index in [4.69, 9.17) is 0 Å². The molecule has 0 saturated carbocycles. The molecule has 0 spiro atoms. The summed E-state index contributed by atoms with van der Waals surface area (Å²) in [6.07, 6.45) is 0.894. The molecule has 1 heterocycles. The van der Waals surface area contributed by atoms with Crippen molar-refractivity contribution in [1.82, 2.24) is 4.90 Å². The number of carbonyl (C=O) groups is 1. The van der Waals surface area contributed by atoms with E-state index in [1.165, 1.54) is 21.6 Å². The van der Waals surface area contributed by atoms with Gasteiger partial charge in [-0.05, 0) is 53.4 Å². The molecule has 1 aliphatic rings. The summed E-state index contributed by atoms with van der Waals surface area (Å²) in [7, 11) is 0. The van der Waals surface area contributed by atoms with Crippen molar-refractivity contribution in [1.29, 1.82) is 0 Å². The molecule has 1 aliphatic heterocycles. The lowest BCUT2D eigenvalue weighted by molar-refractivity contribution is 0.0664. The van der Waals surface area contributed by atoms with Gasteiger partial charge in [-0.1, -0.05) is 78.4 Å². The molecule has 0 N–H and O–H groups in total. The Morgan fingerprint density at radius 1 is 0.871 bits per heavy atom. The van der Waals surface area contributed by atoms with E-state index in [2.05, 4.69) is 78.6 Å². The number of hydrogen-bond acceptors (Lipinski definition) is 2. The van der Waals surface area contributed by atoms with Crippen molar-refractivity contribution in [3.8, 4) is 0 Å². The maximum Gasteiger partial charge on any atom is 0.255 e. The van der Waals surface area contributed by atoms with Crippen LogP contribution in [0.25, 0.3) is 10.8 Å². The SMILES string of the molecule is Cc1ccc(SC[C@@H]2Cc3ccccc3CN2C(=O)c2cccc3ccccc23)cc1. The first-order valence-electron chi connectivity index (χ1n) is 10.7. The first-order chi connectivity index (χ1) is 15.2. The molecular weight excluding hydrogens is 398 g/mol. The molecule has 0 fully saturated rings. The smallest absolute Gasteiger partial charge is 0.255 e. The molecule has 1 amide bonds. The number of fused-ring (bicyclic) bond motifs is 2. The Kier molecular flexibility index (Phi) is 5.52. The predicted octanol–water partition coefficient (Wildman–Crippen LogP) is 6.51. The predicted molar refractivity (Wildman–Crippen MR) is 130 cm³/mol. The van der Waals surface area contributed by atoms with Crippen molar-refractivity contribution in [2.24, 2.45) is 0 Å². The quantitative estimate of drug-likeness (QED) is 0.349. The van der Waals surface area contributed by atoms with Gasteiger partial charge in [0.05, 0.1) is 0 Å². The van der Waals surface area contributed by atoms with E-state index in [-0.39, 0.29) is 11.9 Å². The minimum atomic E-state index is 0.126. The highest BCUT2D eigenvalue weighted by atomic mass is 32.2. The molecule has 0 unspecified atom stereocenters. The third-order valence-electron chi connectivity index (χ3n) is 6.10. The zero-order valence-corrected chi connectivity index (χ0v) is 18.4. The Bertz CT molecular complexity index is 1230. The van der Waals surface area contributed by atoms with Crippen molar-refractivity contribution >= 4 is 28.4 Å². The Morgan fingerprint density at radius 2 is 1.58 bits per heavy atom. The minimum absolute atomic E-state index is 0.126. The zero-order valence-electron chi connectivity index (χ0n) is 17.6. The van der Waals surface area contributed by atoms with Crippen LogP contribution in [-0.2, 0) is 13.0 Å². The maximum absolute atomic E-state index is 13.8. The lowest BCUT2D eigenvalue weighted by Gasteiger charge is -2.37. The molecule has 4 aromatic carbocycles.